The first-order valence-corrected chi connectivity index (χ1v) is 8.30. The summed E-state index contributed by atoms with van der Waals surface area (Å²) in [4.78, 5) is 15.4. The average Bonchev–Trinajstić information content (AvgIpc) is 3.30. The summed E-state index contributed by atoms with van der Waals surface area (Å²) in [5, 5.41) is 12.5. The van der Waals surface area contributed by atoms with Gasteiger partial charge in [-0.1, -0.05) is 48.0 Å². The molecule has 128 valence electrons. The Morgan fingerprint density at radius 2 is 1.96 bits per heavy atom. The number of hydrazone groups is 1. The normalized spacial score (nSPS) is 11.3. The largest absolute Gasteiger partial charge is 0.361 e. The molecule has 26 heavy (non-hydrogen) atoms. The van der Waals surface area contributed by atoms with E-state index in [2.05, 4.69) is 25.7 Å². The number of aromatic nitrogens is 3. The summed E-state index contributed by atoms with van der Waals surface area (Å²) in [6.45, 7) is 0. The third kappa shape index (κ3) is 3.10. The molecule has 2 aromatic carbocycles. The maximum Gasteiger partial charge on any atom is 0.289 e. The zero-order valence-electron chi connectivity index (χ0n) is 13.5. The molecule has 1 amide bonds. The minimum absolute atomic E-state index is 0.302. The van der Waals surface area contributed by atoms with E-state index in [-0.39, 0.29) is 5.91 Å². The lowest BCUT2D eigenvalue weighted by molar-refractivity contribution is 0.0950. The third-order valence-corrected chi connectivity index (χ3v) is 4.29. The van der Waals surface area contributed by atoms with E-state index in [0.717, 1.165) is 22.0 Å². The second-order valence-electron chi connectivity index (χ2n) is 5.64. The maximum atomic E-state index is 12.2. The summed E-state index contributed by atoms with van der Waals surface area (Å²) in [6, 6.07) is 16.8. The van der Waals surface area contributed by atoms with E-state index in [1.54, 1.807) is 18.3 Å². The highest BCUT2D eigenvalue weighted by atomic mass is 35.5. The second-order valence-corrected chi connectivity index (χ2v) is 6.04. The van der Waals surface area contributed by atoms with Crippen molar-refractivity contribution in [3.05, 3.63) is 77.1 Å². The predicted molar refractivity (Wildman–Crippen MR) is 102 cm³/mol. The van der Waals surface area contributed by atoms with Gasteiger partial charge >= 0.3 is 0 Å². The molecule has 0 fully saturated rings. The SMILES string of the molecule is O=C(N/N=C\c1c[nH]c2ccccc12)c1cc(-c2ccccc2Cl)n[nH]1. The number of para-hydroxylation sites is 1. The minimum Gasteiger partial charge on any atom is -0.361 e. The molecule has 0 aliphatic rings. The fraction of sp³-hybridized carbons (Fsp3) is 0. The van der Waals surface area contributed by atoms with Gasteiger partial charge in [0.2, 0.25) is 0 Å². The van der Waals surface area contributed by atoms with E-state index in [9.17, 15) is 4.79 Å². The van der Waals surface area contributed by atoms with Crippen LogP contribution in [-0.4, -0.2) is 27.3 Å². The Balaban J connectivity index is 1.48. The molecular weight excluding hydrogens is 350 g/mol. The Labute approximate surface area is 153 Å². The molecular formula is C19H14ClN5O. The number of nitrogens with zero attached hydrogens (tertiary/aromatic N) is 2. The van der Waals surface area contributed by atoms with Crippen molar-refractivity contribution in [3.8, 4) is 11.3 Å². The lowest BCUT2D eigenvalue weighted by Crippen LogP contribution is -2.17. The van der Waals surface area contributed by atoms with E-state index in [1.165, 1.54) is 0 Å². The molecule has 0 unspecified atom stereocenters. The van der Waals surface area contributed by atoms with E-state index < -0.39 is 0 Å². The van der Waals surface area contributed by atoms with Gasteiger partial charge in [-0.15, -0.1) is 0 Å². The molecule has 0 aliphatic heterocycles. The molecule has 0 bridgehead atoms. The molecule has 0 saturated carbocycles. The summed E-state index contributed by atoms with van der Waals surface area (Å²) in [7, 11) is 0. The zero-order chi connectivity index (χ0) is 17.9. The van der Waals surface area contributed by atoms with E-state index >= 15 is 0 Å². The fourth-order valence-electron chi connectivity index (χ4n) is 2.67. The van der Waals surface area contributed by atoms with E-state index in [0.29, 0.717) is 16.4 Å². The zero-order valence-corrected chi connectivity index (χ0v) is 14.3. The molecule has 0 aliphatic carbocycles. The van der Waals surface area contributed by atoms with Crippen LogP contribution in [0.15, 0.2) is 65.9 Å². The lowest BCUT2D eigenvalue weighted by Gasteiger charge is -1.98. The van der Waals surface area contributed by atoms with Crippen LogP contribution in [0.4, 0.5) is 0 Å². The smallest absolute Gasteiger partial charge is 0.289 e. The van der Waals surface area contributed by atoms with Crippen molar-refractivity contribution in [1.29, 1.82) is 0 Å². The lowest BCUT2D eigenvalue weighted by atomic mass is 10.1. The number of aromatic amines is 2. The van der Waals surface area contributed by atoms with Crippen molar-refractivity contribution in [1.82, 2.24) is 20.6 Å². The molecule has 0 radical (unpaired) electrons. The Hall–Kier alpha value is -3.38. The third-order valence-electron chi connectivity index (χ3n) is 3.96. The molecule has 0 spiro atoms. The molecule has 4 rings (SSSR count). The Bertz CT molecular complexity index is 1110. The van der Waals surface area contributed by atoms with Gasteiger partial charge in [0.15, 0.2) is 0 Å². The van der Waals surface area contributed by atoms with E-state index in [1.807, 2.05) is 48.7 Å². The highest BCUT2D eigenvalue weighted by molar-refractivity contribution is 6.33. The second kappa shape index (κ2) is 6.85. The van der Waals surface area contributed by atoms with Crippen LogP contribution in [0.1, 0.15) is 16.1 Å². The number of benzene rings is 2. The predicted octanol–water partition coefficient (Wildman–Crippen LogP) is 3.98. The van der Waals surface area contributed by atoms with Crippen LogP contribution in [0, 0.1) is 0 Å². The fourth-order valence-corrected chi connectivity index (χ4v) is 2.90. The van der Waals surface area contributed by atoms with Crippen molar-refractivity contribution in [3.63, 3.8) is 0 Å². The van der Waals surface area contributed by atoms with Crippen LogP contribution in [-0.2, 0) is 0 Å². The van der Waals surface area contributed by atoms with Gasteiger partial charge in [0.05, 0.1) is 16.9 Å². The molecule has 7 heteroatoms. The quantitative estimate of drug-likeness (QED) is 0.378. The molecule has 2 heterocycles. The molecule has 2 aromatic heterocycles. The first-order chi connectivity index (χ1) is 12.7. The maximum absolute atomic E-state index is 12.2. The number of H-pyrrole nitrogens is 2. The van der Waals surface area contributed by atoms with Crippen molar-refractivity contribution >= 4 is 34.6 Å². The van der Waals surface area contributed by atoms with Crippen molar-refractivity contribution in [2.24, 2.45) is 5.10 Å². The Morgan fingerprint density at radius 1 is 1.15 bits per heavy atom. The van der Waals surface area contributed by atoms with Crippen LogP contribution < -0.4 is 5.43 Å². The standard InChI is InChI=1S/C19H14ClN5O/c20-15-7-3-1-6-14(15)17-9-18(24-23-17)19(26)25-22-11-12-10-21-16-8-4-2-5-13(12)16/h1-11,21H,(H,23,24)(H,25,26)/b22-11-. The molecule has 3 N–H and O–H groups in total. The molecule has 0 saturated heterocycles. The monoisotopic (exact) mass is 363 g/mol. The van der Waals surface area contributed by atoms with Crippen LogP contribution >= 0.6 is 11.6 Å². The summed E-state index contributed by atoms with van der Waals surface area (Å²) < 4.78 is 0. The molecule has 6 nitrogen and oxygen atoms in total. The number of nitrogens with one attached hydrogen (secondary N) is 3. The topological polar surface area (TPSA) is 85.9 Å². The average molecular weight is 364 g/mol. The van der Waals surface area contributed by atoms with Crippen molar-refractivity contribution in [2.75, 3.05) is 0 Å². The van der Waals surface area contributed by atoms with Gasteiger partial charge in [0, 0.05) is 28.2 Å². The number of rotatable bonds is 4. The number of hydrogen-bond acceptors (Lipinski definition) is 3. The van der Waals surface area contributed by atoms with Gasteiger partial charge in [-0.25, -0.2) is 5.43 Å². The number of amides is 1. The summed E-state index contributed by atoms with van der Waals surface area (Å²) in [6.07, 6.45) is 3.44. The van der Waals surface area contributed by atoms with Gasteiger partial charge in [-0.3, -0.25) is 9.89 Å². The van der Waals surface area contributed by atoms with Crippen LogP contribution in [0.5, 0.6) is 0 Å². The number of fused-ring (bicyclic) bond motifs is 1. The van der Waals surface area contributed by atoms with Gasteiger partial charge < -0.3 is 4.98 Å². The van der Waals surface area contributed by atoms with Gasteiger partial charge in [0.25, 0.3) is 5.91 Å². The number of carbonyl (C=O) groups is 1. The van der Waals surface area contributed by atoms with Crippen LogP contribution in [0.3, 0.4) is 0 Å². The number of hydrogen-bond donors (Lipinski definition) is 3. The van der Waals surface area contributed by atoms with E-state index in [4.69, 9.17) is 11.6 Å². The first kappa shape index (κ1) is 16.1. The van der Waals surface area contributed by atoms with Crippen molar-refractivity contribution < 1.29 is 4.79 Å². The van der Waals surface area contributed by atoms with Gasteiger partial charge in [0.1, 0.15) is 5.69 Å². The summed E-state index contributed by atoms with van der Waals surface area (Å²) in [5.41, 5.74) is 6.05. The first-order valence-electron chi connectivity index (χ1n) is 7.92. The Kier molecular flexibility index (Phi) is 4.25. The molecule has 4 aromatic rings. The summed E-state index contributed by atoms with van der Waals surface area (Å²) >= 11 is 6.16. The number of halogens is 1. The van der Waals surface area contributed by atoms with Gasteiger partial charge in [-0.2, -0.15) is 10.2 Å². The molecule has 0 atom stereocenters. The van der Waals surface area contributed by atoms with Crippen LogP contribution in [0.2, 0.25) is 5.02 Å². The van der Waals surface area contributed by atoms with Gasteiger partial charge in [-0.05, 0) is 18.2 Å². The Morgan fingerprint density at radius 3 is 2.85 bits per heavy atom. The van der Waals surface area contributed by atoms with Crippen molar-refractivity contribution in [2.45, 2.75) is 0 Å². The van der Waals surface area contributed by atoms with Crippen LogP contribution in [0.25, 0.3) is 22.2 Å². The highest BCUT2D eigenvalue weighted by Crippen LogP contribution is 2.26. The summed E-state index contributed by atoms with van der Waals surface area (Å²) in [5.74, 6) is -0.383. The number of carbonyl (C=O) groups excluding carboxylic acids is 1. The highest BCUT2D eigenvalue weighted by Gasteiger charge is 2.12. The minimum atomic E-state index is -0.383.